The summed E-state index contributed by atoms with van der Waals surface area (Å²) in [7, 11) is 0. The molecule has 2 aromatic rings. The number of piperidine rings is 1. The third-order valence-corrected chi connectivity index (χ3v) is 5.69. The number of anilines is 1. The zero-order valence-corrected chi connectivity index (χ0v) is 16.4. The number of para-hydroxylation sites is 1. The Morgan fingerprint density at radius 1 is 1.04 bits per heavy atom. The maximum absolute atomic E-state index is 14.0. The van der Waals surface area contributed by atoms with Crippen LogP contribution in [0.15, 0.2) is 59.6 Å². The molecule has 148 valence electrons. The predicted molar refractivity (Wildman–Crippen MR) is 113 cm³/mol. The molecule has 2 N–H and O–H groups in total. The maximum atomic E-state index is 14.0. The number of hydrogen-bond donors (Lipinski definition) is 2. The molecular weight excluding hydrogens is 351 g/mol. The second-order valence-electron chi connectivity index (χ2n) is 7.68. The van der Waals surface area contributed by atoms with Gasteiger partial charge >= 0.3 is 0 Å². The van der Waals surface area contributed by atoms with Crippen molar-refractivity contribution in [2.45, 2.75) is 44.2 Å². The molecule has 2 unspecified atom stereocenters. The van der Waals surface area contributed by atoms with Crippen LogP contribution in [0.4, 0.5) is 10.1 Å². The van der Waals surface area contributed by atoms with Crippen LogP contribution in [0.2, 0.25) is 0 Å². The van der Waals surface area contributed by atoms with E-state index in [2.05, 4.69) is 50.9 Å². The summed E-state index contributed by atoms with van der Waals surface area (Å²) >= 11 is 0. The molecule has 5 heteroatoms. The molecule has 0 amide bonds. The molecular formula is C23H29FN4. The lowest BCUT2D eigenvalue weighted by Gasteiger charge is -2.34. The molecule has 1 aliphatic heterocycles. The minimum Gasteiger partial charge on any atom is -0.371 e. The van der Waals surface area contributed by atoms with Crippen molar-refractivity contribution in [3.05, 3.63) is 66.0 Å². The van der Waals surface area contributed by atoms with Gasteiger partial charge in [0, 0.05) is 43.3 Å². The molecule has 2 aliphatic rings. The Balaban J connectivity index is 1.29. The molecule has 0 aromatic heterocycles. The Morgan fingerprint density at radius 2 is 1.75 bits per heavy atom. The monoisotopic (exact) mass is 380 g/mol. The largest absolute Gasteiger partial charge is 0.371 e. The van der Waals surface area contributed by atoms with Crippen LogP contribution in [0.3, 0.4) is 0 Å². The molecule has 4 rings (SSSR count). The molecule has 0 radical (unpaired) electrons. The molecule has 1 saturated heterocycles. The number of nitrogens with zero attached hydrogens (tertiary/aromatic N) is 2. The second kappa shape index (κ2) is 8.63. The van der Waals surface area contributed by atoms with Crippen molar-refractivity contribution in [2.24, 2.45) is 4.99 Å². The average molecular weight is 381 g/mol. The number of aliphatic imine (C=N–C) groups is 1. The smallest absolute Gasteiger partial charge is 0.191 e. The lowest BCUT2D eigenvalue weighted by atomic mass is 10.0. The van der Waals surface area contributed by atoms with Gasteiger partial charge < -0.3 is 15.5 Å². The summed E-state index contributed by atoms with van der Waals surface area (Å²) in [4.78, 5) is 7.06. The first-order valence-electron chi connectivity index (χ1n) is 10.4. The lowest BCUT2D eigenvalue weighted by molar-refractivity contribution is 0.461. The molecule has 2 aromatic carbocycles. The Hall–Kier alpha value is -2.56. The van der Waals surface area contributed by atoms with Crippen molar-refractivity contribution in [3.8, 4) is 0 Å². The first kappa shape index (κ1) is 18.8. The van der Waals surface area contributed by atoms with E-state index >= 15 is 0 Å². The maximum Gasteiger partial charge on any atom is 0.191 e. The lowest BCUT2D eigenvalue weighted by Crippen LogP contribution is -2.49. The fourth-order valence-corrected chi connectivity index (χ4v) is 4.05. The first-order valence-corrected chi connectivity index (χ1v) is 10.4. The fourth-order valence-electron chi connectivity index (χ4n) is 4.05. The summed E-state index contributed by atoms with van der Waals surface area (Å²) in [5, 5.41) is 7.12. The predicted octanol–water partition coefficient (Wildman–Crippen LogP) is 3.91. The van der Waals surface area contributed by atoms with Crippen molar-refractivity contribution >= 4 is 11.6 Å². The average Bonchev–Trinajstić information content (AvgIpc) is 3.48. The van der Waals surface area contributed by atoms with Crippen LogP contribution in [0.1, 0.15) is 37.7 Å². The van der Waals surface area contributed by atoms with Crippen LogP contribution >= 0.6 is 0 Å². The van der Waals surface area contributed by atoms with E-state index in [9.17, 15) is 4.39 Å². The summed E-state index contributed by atoms with van der Waals surface area (Å²) < 4.78 is 14.0. The van der Waals surface area contributed by atoms with E-state index in [1.165, 1.54) is 5.69 Å². The number of benzene rings is 2. The molecule has 28 heavy (non-hydrogen) atoms. The van der Waals surface area contributed by atoms with Gasteiger partial charge in [-0.1, -0.05) is 36.4 Å². The van der Waals surface area contributed by atoms with Gasteiger partial charge in [-0.3, -0.25) is 4.99 Å². The Kier molecular flexibility index (Phi) is 5.79. The van der Waals surface area contributed by atoms with Gasteiger partial charge in [-0.25, -0.2) is 4.39 Å². The Morgan fingerprint density at radius 3 is 2.46 bits per heavy atom. The minimum atomic E-state index is -0.105. The highest BCUT2D eigenvalue weighted by molar-refractivity contribution is 5.81. The molecule has 1 aliphatic carbocycles. The van der Waals surface area contributed by atoms with Gasteiger partial charge in [0.1, 0.15) is 5.82 Å². The van der Waals surface area contributed by atoms with Crippen molar-refractivity contribution in [1.82, 2.24) is 10.6 Å². The van der Waals surface area contributed by atoms with E-state index in [1.807, 2.05) is 19.1 Å². The molecule has 0 bridgehead atoms. The molecule has 4 nitrogen and oxygen atoms in total. The second-order valence-corrected chi connectivity index (χ2v) is 7.68. The Labute approximate surface area is 166 Å². The van der Waals surface area contributed by atoms with Crippen molar-refractivity contribution < 1.29 is 4.39 Å². The van der Waals surface area contributed by atoms with Crippen molar-refractivity contribution in [3.63, 3.8) is 0 Å². The van der Waals surface area contributed by atoms with E-state index < -0.39 is 0 Å². The van der Waals surface area contributed by atoms with Crippen LogP contribution in [0.5, 0.6) is 0 Å². The third-order valence-electron chi connectivity index (χ3n) is 5.69. The number of guanidine groups is 1. The van der Waals surface area contributed by atoms with Gasteiger partial charge in [-0.05, 0) is 49.9 Å². The highest BCUT2D eigenvalue weighted by atomic mass is 19.1. The minimum absolute atomic E-state index is 0.105. The Bertz CT molecular complexity index is 799. The molecule has 2 fully saturated rings. The van der Waals surface area contributed by atoms with E-state index in [0.29, 0.717) is 6.04 Å². The van der Waals surface area contributed by atoms with Crippen LogP contribution < -0.4 is 15.5 Å². The standard InChI is InChI=1S/C23H29FN4/c1-2-25-23(27-22-16-20(22)19-10-6-7-11-21(19)24)26-17-12-14-28(15-13-17)18-8-4-3-5-9-18/h3-11,17,20,22H,2,12-16H2,1H3,(H2,25,26,27). The van der Waals surface area contributed by atoms with Crippen LogP contribution in [-0.2, 0) is 0 Å². The molecule has 0 spiro atoms. The quantitative estimate of drug-likeness (QED) is 0.610. The van der Waals surface area contributed by atoms with Crippen LogP contribution in [0.25, 0.3) is 0 Å². The van der Waals surface area contributed by atoms with Crippen molar-refractivity contribution in [2.75, 3.05) is 24.5 Å². The van der Waals surface area contributed by atoms with Crippen LogP contribution in [-0.4, -0.2) is 37.7 Å². The third kappa shape index (κ3) is 4.46. The summed E-state index contributed by atoms with van der Waals surface area (Å²) in [5.74, 6) is 1.00. The number of rotatable bonds is 5. The van der Waals surface area contributed by atoms with Gasteiger partial charge in [-0.2, -0.15) is 0 Å². The summed E-state index contributed by atoms with van der Waals surface area (Å²) in [6.07, 6.45) is 3.12. The van der Waals surface area contributed by atoms with Gasteiger partial charge in [-0.15, -0.1) is 0 Å². The fraction of sp³-hybridized carbons (Fsp3) is 0.435. The summed E-state index contributed by atoms with van der Waals surface area (Å²) in [6.45, 7) is 4.86. The van der Waals surface area contributed by atoms with Gasteiger partial charge in [0.2, 0.25) is 0 Å². The van der Waals surface area contributed by atoms with Gasteiger partial charge in [0.05, 0.1) is 0 Å². The van der Waals surface area contributed by atoms with Crippen LogP contribution in [0, 0.1) is 5.82 Å². The highest BCUT2D eigenvalue weighted by Gasteiger charge is 2.40. The van der Waals surface area contributed by atoms with E-state index in [-0.39, 0.29) is 17.8 Å². The normalized spacial score (nSPS) is 22.8. The highest BCUT2D eigenvalue weighted by Crippen LogP contribution is 2.41. The zero-order chi connectivity index (χ0) is 19.3. The summed E-state index contributed by atoms with van der Waals surface area (Å²) in [5.41, 5.74) is 2.11. The zero-order valence-electron chi connectivity index (χ0n) is 16.4. The molecule has 1 saturated carbocycles. The molecule has 2 atom stereocenters. The van der Waals surface area contributed by atoms with E-state index in [4.69, 9.17) is 0 Å². The topological polar surface area (TPSA) is 39.7 Å². The SMILES string of the molecule is CCN=C(NC1CCN(c2ccccc2)CC1)NC1CC1c1ccccc1F. The first-order chi connectivity index (χ1) is 13.7. The number of halogens is 1. The van der Waals surface area contributed by atoms with Crippen molar-refractivity contribution in [1.29, 1.82) is 0 Å². The summed E-state index contributed by atoms with van der Waals surface area (Å²) in [6, 6.07) is 18.4. The number of nitrogens with one attached hydrogen (secondary N) is 2. The molecule has 1 heterocycles. The number of hydrogen-bond acceptors (Lipinski definition) is 2. The van der Waals surface area contributed by atoms with Gasteiger partial charge in [0.25, 0.3) is 0 Å². The van der Waals surface area contributed by atoms with Gasteiger partial charge in [0.15, 0.2) is 5.96 Å². The van der Waals surface area contributed by atoms with E-state index in [0.717, 1.165) is 50.4 Å². The van der Waals surface area contributed by atoms with E-state index in [1.54, 1.807) is 12.1 Å².